The van der Waals surface area contributed by atoms with Crippen molar-refractivity contribution >= 4 is 0 Å². The number of rotatable bonds is 4. The van der Waals surface area contributed by atoms with Crippen molar-refractivity contribution in [1.29, 1.82) is 5.26 Å². The van der Waals surface area contributed by atoms with Gasteiger partial charge in [0.05, 0.1) is 24.6 Å². The van der Waals surface area contributed by atoms with E-state index in [0.29, 0.717) is 18.2 Å². The molecule has 0 amide bonds. The van der Waals surface area contributed by atoms with Crippen LogP contribution < -0.4 is 4.74 Å². The maximum absolute atomic E-state index is 8.47. The minimum Gasteiger partial charge on any atom is -0.463 e. The molecule has 0 unspecified atom stereocenters. The molecule has 0 N–H and O–H groups in total. The van der Waals surface area contributed by atoms with E-state index in [4.69, 9.17) is 10.00 Å². The van der Waals surface area contributed by atoms with E-state index in [0.717, 1.165) is 12.8 Å². The molecule has 0 aromatic carbocycles. The van der Waals surface area contributed by atoms with Crippen molar-refractivity contribution in [2.45, 2.75) is 19.8 Å². The summed E-state index contributed by atoms with van der Waals surface area (Å²) in [6, 6.07) is 2.28. The summed E-state index contributed by atoms with van der Waals surface area (Å²) in [5.74, 6) is 0. The van der Waals surface area contributed by atoms with Crippen molar-refractivity contribution in [3.63, 3.8) is 0 Å². The number of nitrogens with zero attached hydrogens (tertiary/aromatic N) is 3. The largest absolute Gasteiger partial charge is 0.463 e. The van der Waals surface area contributed by atoms with Gasteiger partial charge in [-0.1, -0.05) is 13.3 Å². The summed E-state index contributed by atoms with van der Waals surface area (Å²) in [7, 11) is 0. The summed E-state index contributed by atoms with van der Waals surface area (Å²) in [6.07, 6.45) is 4.97. The van der Waals surface area contributed by atoms with E-state index in [1.54, 1.807) is 0 Å². The first-order valence-electron chi connectivity index (χ1n) is 4.21. The Morgan fingerprint density at radius 1 is 1.46 bits per heavy atom. The van der Waals surface area contributed by atoms with Crippen molar-refractivity contribution in [3.8, 4) is 12.1 Å². The van der Waals surface area contributed by atoms with Gasteiger partial charge in [-0.3, -0.25) is 0 Å². The zero-order valence-electron chi connectivity index (χ0n) is 7.53. The number of nitriles is 1. The number of ether oxygens (including phenoxy) is 1. The van der Waals surface area contributed by atoms with E-state index in [9.17, 15) is 0 Å². The highest BCUT2D eigenvalue weighted by Gasteiger charge is 1.96. The lowest BCUT2D eigenvalue weighted by atomic mass is 10.4. The second-order valence-electron chi connectivity index (χ2n) is 2.57. The topological polar surface area (TPSA) is 58.8 Å². The van der Waals surface area contributed by atoms with Gasteiger partial charge in [0.2, 0.25) is 0 Å². The second kappa shape index (κ2) is 5.09. The van der Waals surface area contributed by atoms with Crippen LogP contribution in [-0.2, 0) is 0 Å². The molecule has 4 nitrogen and oxygen atoms in total. The van der Waals surface area contributed by atoms with E-state index >= 15 is 0 Å². The summed E-state index contributed by atoms with van der Waals surface area (Å²) >= 11 is 0. The summed E-state index contributed by atoms with van der Waals surface area (Å²) in [4.78, 5) is 7.73. The summed E-state index contributed by atoms with van der Waals surface area (Å²) in [5, 5.41) is 8.47. The minimum atomic E-state index is 0.340. The van der Waals surface area contributed by atoms with Gasteiger partial charge in [0.1, 0.15) is 6.07 Å². The van der Waals surface area contributed by atoms with Crippen molar-refractivity contribution in [3.05, 3.63) is 18.0 Å². The first kappa shape index (κ1) is 9.46. The lowest BCUT2D eigenvalue weighted by Gasteiger charge is -2.01. The molecule has 13 heavy (non-hydrogen) atoms. The highest BCUT2D eigenvalue weighted by atomic mass is 16.5. The molecule has 0 spiro atoms. The Balaban J connectivity index is 2.46. The summed E-state index contributed by atoms with van der Waals surface area (Å²) < 4.78 is 5.21. The van der Waals surface area contributed by atoms with E-state index < -0.39 is 0 Å². The smallest absolute Gasteiger partial charge is 0.316 e. The Labute approximate surface area is 77.2 Å². The molecule has 1 heterocycles. The maximum atomic E-state index is 8.47. The summed E-state index contributed by atoms with van der Waals surface area (Å²) in [5.41, 5.74) is 0.447. The fourth-order valence-corrected chi connectivity index (χ4v) is 0.756. The van der Waals surface area contributed by atoms with Gasteiger partial charge in [0.15, 0.2) is 0 Å². The van der Waals surface area contributed by atoms with Crippen molar-refractivity contribution < 1.29 is 4.74 Å². The van der Waals surface area contributed by atoms with Crippen molar-refractivity contribution in [2.24, 2.45) is 0 Å². The van der Waals surface area contributed by atoms with Crippen molar-refractivity contribution in [2.75, 3.05) is 6.61 Å². The molecule has 0 saturated carbocycles. The third-order valence-electron chi connectivity index (χ3n) is 1.49. The standard InChI is InChI=1S/C9H11N3O/c1-2-3-4-13-9-11-6-8(5-10)7-12-9/h6-7H,2-4H2,1H3. The van der Waals surface area contributed by atoms with Gasteiger partial charge in [-0.15, -0.1) is 0 Å². The van der Waals surface area contributed by atoms with E-state index in [-0.39, 0.29) is 0 Å². The van der Waals surface area contributed by atoms with Gasteiger partial charge in [0, 0.05) is 0 Å². The molecule has 0 atom stereocenters. The van der Waals surface area contributed by atoms with E-state index in [1.165, 1.54) is 12.4 Å². The Kier molecular flexibility index (Phi) is 3.71. The van der Waals surface area contributed by atoms with Gasteiger partial charge >= 0.3 is 6.01 Å². The van der Waals surface area contributed by atoms with Crippen LogP contribution in [0.3, 0.4) is 0 Å². The average Bonchev–Trinajstić information content (AvgIpc) is 2.19. The Morgan fingerprint density at radius 3 is 2.69 bits per heavy atom. The molecule has 0 aliphatic rings. The van der Waals surface area contributed by atoms with Gasteiger partial charge in [-0.25, -0.2) is 9.97 Å². The van der Waals surface area contributed by atoms with Gasteiger partial charge in [-0.05, 0) is 6.42 Å². The molecule has 0 bridgehead atoms. The Hall–Kier alpha value is -1.63. The van der Waals surface area contributed by atoms with Gasteiger partial charge in [-0.2, -0.15) is 5.26 Å². The van der Waals surface area contributed by atoms with Gasteiger partial charge in [0.25, 0.3) is 0 Å². The van der Waals surface area contributed by atoms with Crippen LogP contribution in [-0.4, -0.2) is 16.6 Å². The lowest BCUT2D eigenvalue weighted by Crippen LogP contribution is -2.00. The van der Waals surface area contributed by atoms with Gasteiger partial charge < -0.3 is 4.74 Å². The van der Waals surface area contributed by atoms with E-state index in [2.05, 4.69) is 16.9 Å². The average molecular weight is 177 g/mol. The molecule has 1 rings (SSSR count). The molecule has 68 valence electrons. The highest BCUT2D eigenvalue weighted by Crippen LogP contribution is 2.02. The fraction of sp³-hybridized carbons (Fsp3) is 0.444. The van der Waals surface area contributed by atoms with Crippen LogP contribution in [0.4, 0.5) is 0 Å². The quantitative estimate of drug-likeness (QED) is 0.654. The van der Waals surface area contributed by atoms with Crippen LogP contribution in [0, 0.1) is 11.3 Å². The molecule has 0 radical (unpaired) electrons. The molecule has 0 saturated heterocycles. The molecule has 0 aliphatic carbocycles. The van der Waals surface area contributed by atoms with Crippen molar-refractivity contribution in [1.82, 2.24) is 9.97 Å². The normalized spacial score (nSPS) is 9.23. The third-order valence-corrected chi connectivity index (χ3v) is 1.49. The number of unbranched alkanes of at least 4 members (excludes halogenated alkanes) is 1. The Morgan fingerprint density at radius 2 is 2.15 bits per heavy atom. The molecule has 4 heteroatoms. The fourth-order valence-electron chi connectivity index (χ4n) is 0.756. The SMILES string of the molecule is CCCCOc1ncc(C#N)cn1. The number of hydrogen-bond donors (Lipinski definition) is 0. The minimum absolute atomic E-state index is 0.340. The van der Waals surface area contributed by atoms with Crippen LogP contribution in [0.5, 0.6) is 6.01 Å². The van der Waals surface area contributed by atoms with Crippen LogP contribution in [0.25, 0.3) is 0 Å². The highest BCUT2D eigenvalue weighted by molar-refractivity contribution is 5.22. The summed E-state index contributed by atoms with van der Waals surface area (Å²) in [6.45, 7) is 2.71. The molecule has 1 aromatic rings. The van der Waals surface area contributed by atoms with Crippen LogP contribution in [0.2, 0.25) is 0 Å². The third kappa shape index (κ3) is 3.08. The second-order valence-corrected chi connectivity index (χ2v) is 2.57. The first-order valence-corrected chi connectivity index (χ1v) is 4.21. The molecule has 0 aliphatic heterocycles. The zero-order chi connectivity index (χ0) is 9.52. The maximum Gasteiger partial charge on any atom is 0.316 e. The first-order chi connectivity index (χ1) is 6.36. The predicted octanol–water partition coefficient (Wildman–Crippen LogP) is 1.53. The predicted molar refractivity (Wildman–Crippen MR) is 47.2 cm³/mol. The lowest BCUT2D eigenvalue weighted by molar-refractivity contribution is 0.285. The molecule has 1 aromatic heterocycles. The molecule has 0 fully saturated rings. The monoisotopic (exact) mass is 177 g/mol. The van der Waals surface area contributed by atoms with Crippen LogP contribution >= 0.6 is 0 Å². The molecular weight excluding hydrogens is 166 g/mol. The zero-order valence-corrected chi connectivity index (χ0v) is 7.53. The Bertz CT molecular complexity index is 289. The van der Waals surface area contributed by atoms with Crippen LogP contribution in [0.1, 0.15) is 25.3 Å². The van der Waals surface area contributed by atoms with Crippen LogP contribution in [0.15, 0.2) is 12.4 Å². The number of aromatic nitrogens is 2. The van der Waals surface area contributed by atoms with E-state index in [1.807, 2.05) is 6.07 Å². The number of hydrogen-bond acceptors (Lipinski definition) is 4. The molecular formula is C9H11N3O.